The van der Waals surface area contributed by atoms with Crippen LogP contribution in [0.4, 0.5) is 0 Å². The van der Waals surface area contributed by atoms with Crippen LogP contribution in [-0.2, 0) is 9.47 Å². The fourth-order valence-electron chi connectivity index (χ4n) is 1.33. The second-order valence-corrected chi connectivity index (χ2v) is 3.35. The third kappa shape index (κ3) is 2.61. The zero-order chi connectivity index (χ0) is 9.61. The van der Waals surface area contributed by atoms with Crippen molar-refractivity contribution in [2.45, 2.75) is 25.9 Å². The van der Waals surface area contributed by atoms with Gasteiger partial charge in [-0.1, -0.05) is 19.9 Å². The van der Waals surface area contributed by atoms with Gasteiger partial charge >= 0.3 is 0 Å². The summed E-state index contributed by atoms with van der Waals surface area (Å²) < 4.78 is 10.6. The van der Waals surface area contributed by atoms with Gasteiger partial charge < -0.3 is 9.47 Å². The molecule has 0 aliphatic heterocycles. The predicted octanol–water partition coefficient (Wildman–Crippen LogP) is 2.25. The van der Waals surface area contributed by atoms with Crippen molar-refractivity contribution in [3.05, 3.63) is 12.7 Å². The number of hydrogen-bond donors (Lipinski definition) is 0. The molecule has 0 spiro atoms. The van der Waals surface area contributed by atoms with Crippen molar-refractivity contribution in [3.63, 3.8) is 0 Å². The minimum Gasteiger partial charge on any atom is -0.382 e. The molecule has 0 aromatic rings. The smallest absolute Gasteiger partial charge is 0.0967 e. The van der Waals surface area contributed by atoms with Crippen molar-refractivity contribution in [1.29, 1.82) is 0 Å². The topological polar surface area (TPSA) is 18.5 Å². The van der Waals surface area contributed by atoms with E-state index in [4.69, 9.17) is 9.47 Å². The Hall–Kier alpha value is -0.340. The molecule has 0 aromatic heterocycles. The van der Waals surface area contributed by atoms with Crippen molar-refractivity contribution in [1.82, 2.24) is 0 Å². The average molecular weight is 172 g/mol. The Labute approximate surface area is 75.6 Å². The van der Waals surface area contributed by atoms with E-state index in [0.717, 1.165) is 6.42 Å². The van der Waals surface area contributed by atoms with Crippen LogP contribution in [0.2, 0.25) is 0 Å². The van der Waals surface area contributed by atoms with E-state index >= 15 is 0 Å². The highest BCUT2D eigenvalue weighted by molar-refractivity contribution is 4.90. The van der Waals surface area contributed by atoms with Gasteiger partial charge in [0.1, 0.15) is 0 Å². The monoisotopic (exact) mass is 172 g/mol. The quantitative estimate of drug-likeness (QED) is 0.572. The largest absolute Gasteiger partial charge is 0.382 e. The second-order valence-electron chi connectivity index (χ2n) is 3.35. The molecule has 0 aliphatic rings. The Balaban J connectivity index is 4.38. The Kier molecular flexibility index (Phi) is 5.18. The molecule has 2 heteroatoms. The second kappa shape index (κ2) is 5.33. The van der Waals surface area contributed by atoms with Gasteiger partial charge in [-0.2, -0.15) is 0 Å². The Morgan fingerprint density at radius 3 is 2.25 bits per heavy atom. The first-order chi connectivity index (χ1) is 5.63. The zero-order valence-corrected chi connectivity index (χ0v) is 8.59. The maximum atomic E-state index is 5.48. The van der Waals surface area contributed by atoms with E-state index in [2.05, 4.69) is 20.4 Å². The van der Waals surface area contributed by atoms with Gasteiger partial charge in [0.15, 0.2) is 0 Å². The zero-order valence-electron chi connectivity index (χ0n) is 8.59. The molecule has 0 fully saturated rings. The fraction of sp³-hybridized carbons (Fsp3) is 0.800. The van der Waals surface area contributed by atoms with Crippen LogP contribution >= 0.6 is 0 Å². The summed E-state index contributed by atoms with van der Waals surface area (Å²) in [5, 5.41) is 0. The van der Waals surface area contributed by atoms with Crippen LogP contribution in [0.25, 0.3) is 0 Å². The highest BCUT2D eigenvalue weighted by atomic mass is 16.5. The van der Waals surface area contributed by atoms with E-state index in [9.17, 15) is 0 Å². The number of rotatable bonds is 6. The maximum Gasteiger partial charge on any atom is 0.0967 e. The molecule has 0 heterocycles. The lowest BCUT2D eigenvalue weighted by molar-refractivity contribution is -0.0919. The fourth-order valence-corrected chi connectivity index (χ4v) is 1.33. The van der Waals surface area contributed by atoms with Gasteiger partial charge in [-0.25, -0.2) is 0 Å². The minimum atomic E-state index is -0.198. The van der Waals surface area contributed by atoms with Crippen molar-refractivity contribution < 1.29 is 9.47 Å². The molecule has 0 rings (SSSR count). The van der Waals surface area contributed by atoms with Gasteiger partial charge in [0.25, 0.3) is 0 Å². The SMILES string of the molecule is C=CC[C@@](COC)(OC)C(C)C. The molecule has 0 N–H and O–H groups in total. The summed E-state index contributed by atoms with van der Waals surface area (Å²) in [5.74, 6) is 0.431. The van der Waals surface area contributed by atoms with Crippen LogP contribution in [0.5, 0.6) is 0 Å². The summed E-state index contributed by atoms with van der Waals surface area (Å²) >= 11 is 0. The summed E-state index contributed by atoms with van der Waals surface area (Å²) in [7, 11) is 3.42. The van der Waals surface area contributed by atoms with Crippen LogP contribution in [0, 0.1) is 5.92 Å². The van der Waals surface area contributed by atoms with E-state index < -0.39 is 0 Å². The van der Waals surface area contributed by atoms with Crippen LogP contribution < -0.4 is 0 Å². The lowest BCUT2D eigenvalue weighted by Crippen LogP contribution is -2.41. The minimum absolute atomic E-state index is 0.198. The molecule has 12 heavy (non-hydrogen) atoms. The third-order valence-electron chi connectivity index (χ3n) is 2.34. The summed E-state index contributed by atoms with van der Waals surface area (Å²) in [6.45, 7) is 8.60. The summed E-state index contributed by atoms with van der Waals surface area (Å²) in [6, 6.07) is 0. The summed E-state index contributed by atoms with van der Waals surface area (Å²) in [4.78, 5) is 0. The van der Waals surface area contributed by atoms with Gasteiger partial charge in [0.2, 0.25) is 0 Å². The van der Waals surface area contributed by atoms with Gasteiger partial charge in [-0.15, -0.1) is 6.58 Å². The van der Waals surface area contributed by atoms with E-state index in [1.807, 2.05) is 6.08 Å². The molecule has 1 atom stereocenters. The first-order valence-corrected chi connectivity index (χ1v) is 4.28. The Bertz CT molecular complexity index is 132. The van der Waals surface area contributed by atoms with E-state index in [1.54, 1.807) is 14.2 Å². The number of methoxy groups -OCH3 is 2. The van der Waals surface area contributed by atoms with Crippen LogP contribution in [0.3, 0.4) is 0 Å². The molecule has 0 aromatic carbocycles. The Morgan fingerprint density at radius 1 is 1.42 bits per heavy atom. The molecule has 0 saturated carbocycles. The van der Waals surface area contributed by atoms with Gasteiger partial charge in [0.05, 0.1) is 12.2 Å². The first kappa shape index (κ1) is 11.7. The average Bonchev–Trinajstić information content (AvgIpc) is 2.03. The molecule has 0 radical (unpaired) electrons. The van der Waals surface area contributed by atoms with Crippen molar-refractivity contribution in [2.24, 2.45) is 5.92 Å². The molecule has 0 aliphatic carbocycles. The van der Waals surface area contributed by atoms with Crippen molar-refractivity contribution in [2.75, 3.05) is 20.8 Å². The van der Waals surface area contributed by atoms with Gasteiger partial charge in [-0.05, 0) is 12.3 Å². The normalized spacial score (nSPS) is 16.1. The van der Waals surface area contributed by atoms with Crippen LogP contribution in [0.1, 0.15) is 20.3 Å². The third-order valence-corrected chi connectivity index (χ3v) is 2.34. The number of ether oxygens (including phenoxy) is 2. The number of hydrogen-bond acceptors (Lipinski definition) is 2. The lowest BCUT2D eigenvalue weighted by Gasteiger charge is -2.34. The molecule has 0 bridgehead atoms. The van der Waals surface area contributed by atoms with E-state index in [-0.39, 0.29) is 5.60 Å². The predicted molar refractivity (Wildman–Crippen MR) is 51.3 cm³/mol. The molecule has 0 unspecified atom stereocenters. The van der Waals surface area contributed by atoms with Gasteiger partial charge in [-0.3, -0.25) is 0 Å². The molecule has 72 valence electrons. The molecule has 2 nitrogen and oxygen atoms in total. The standard InChI is InChI=1S/C10H20O2/c1-6-7-10(12-5,8-11-4)9(2)3/h6,9H,1,7-8H2,2-5H3/t10-/m0/s1. The summed E-state index contributed by atoms with van der Waals surface area (Å²) in [5.41, 5.74) is -0.198. The lowest BCUT2D eigenvalue weighted by atomic mass is 9.87. The molecular weight excluding hydrogens is 152 g/mol. The van der Waals surface area contributed by atoms with Gasteiger partial charge in [0, 0.05) is 14.2 Å². The maximum absolute atomic E-state index is 5.48. The van der Waals surface area contributed by atoms with Crippen molar-refractivity contribution in [3.8, 4) is 0 Å². The molecule has 0 amide bonds. The molecule has 0 saturated heterocycles. The highest BCUT2D eigenvalue weighted by Crippen LogP contribution is 2.25. The Morgan fingerprint density at radius 2 is 2.00 bits per heavy atom. The first-order valence-electron chi connectivity index (χ1n) is 4.28. The van der Waals surface area contributed by atoms with E-state index in [1.165, 1.54) is 0 Å². The summed E-state index contributed by atoms with van der Waals surface area (Å²) in [6.07, 6.45) is 2.71. The highest BCUT2D eigenvalue weighted by Gasteiger charge is 2.32. The van der Waals surface area contributed by atoms with Crippen molar-refractivity contribution >= 4 is 0 Å². The van der Waals surface area contributed by atoms with Crippen LogP contribution in [0.15, 0.2) is 12.7 Å². The molecular formula is C10H20O2. The van der Waals surface area contributed by atoms with Crippen LogP contribution in [-0.4, -0.2) is 26.4 Å². The van der Waals surface area contributed by atoms with E-state index in [0.29, 0.717) is 12.5 Å².